The summed E-state index contributed by atoms with van der Waals surface area (Å²) in [6.45, 7) is 0. The van der Waals surface area contributed by atoms with Gasteiger partial charge in [-0.1, -0.05) is 42.5 Å². The molecule has 0 aliphatic carbocycles. The molecule has 0 fully saturated rings. The van der Waals surface area contributed by atoms with Crippen LogP contribution >= 0.6 is 0 Å². The molecule has 0 radical (unpaired) electrons. The molecule has 0 saturated heterocycles. The Morgan fingerprint density at radius 3 is 2.42 bits per heavy atom. The van der Waals surface area contributed by atoms with Gasteiger partial charge in [-0.15, -0.1) is 0 Å². The zero-order valence-electron chi connectivity index (χ0n) is 13.8. The molecular weight excluding hydrogens is 326 g/mol. The Bertz CT molecular complexity index is 1050. The number of rotatable bonds is 3. The van der Waals surface area contributed by atoms with Crippen molar-refractivity contribution in [1.82, 2.24) is 9.97 Å². The number of hydrogen-bond acceptors (Lipinski definition) is 4. The lowest BCUT2D eigenvalue weighted by Gasteiger charge is -2.11. The van der Waals surface area contributed by atoms with Gasteiger partial charge in [-0.2, -0.15) is 0 Å². The van der Waals surface area contributed by atoms with Crippen LogP contribution in [0.2, 0.25) is 0 Å². The van der Waals surface area contributed by atoms with Gasteiger partial charge in [0.25, 0.3) is 0 Å². The maximum Gasteiger partial charge on any atom is 0.417 e. The molecule has 1 N–H and O–H groups in total. The van der Waals surface area contributed by atoms with Gasteiger partial charge in [0.05, 0.1) is 22.6 Å². The van der Waals surface area contributed by atoms with Crippen LogP contribution in [0.3, 0.4) is 0 Å². The van der Waals surface area contributed by atoms with E-state index >= 15 is 0 Å². The molecule has 2 aromatic carbocycles. The second-order valence-corrected chi connectivity index (χ2v) is 5.61. The van der Waals surface area contributed by atoms with Gasteiger partial charge in [0.2, 0.25) is 0 Å². The largest absolute Gasteiger partial charge is 0.417 e. The van der Waals surface area contributed by atoms with Crippen LogP contribution in [0.25, 0.3) is 22.3 Å². The van der Waals surface area contributed by atoms with Crippen molar-refractivity contribution in [2.24, 2.45) is 0 Å². The molecule has 126 valence electrons. The summed E-state index contributed by atoms with van der Waals surface area (Å²) < 4.78 is 5.33. The smallest absolute Gasteiger partial charge is 0.410 e. The molecule has 0 saturated carbocycles. The van der Waals surface area contributed by atoms with Crippen LogP contribution in [0.15, 0.2) is 85.1 Å². The number of nitrogens with one attached hydrogen (secondary N) is 1. The van der Waals surface area contributed by atoms with Crippen molar-refractivity contribution in [1.29, 1.82) is 0 Å². The fourth-order valence-electron chi connectivity index (χ4n) is 2.66. The van der Waals surface area contributed by atoms with Crippen molar-refractivity contribution in [3.63, 3.8) is 0 Å². The molecule has 0 bridgehead atoms. The summed E-state index contributed by atoms with van der Waals surface area (Å²) in [4.78, 5) is 21.3. The van der Waals surface area contributed by atoms with E-state index < -0.39 is 6.09 Å². The first-order chi connectivity index (χ1) is 12.8. The zero-order valence-corrected chi connectivity index (χ0v) is 13.8. The van der Waals surface area contributed by atoms with Crippen LogP contribution in [0.5, 0.6) is 5.75 Å². The van der Waals surface area contributed by atoms with Crippen molar-refractivity contribution in [2.75, 3.05) is 5.32 Å². The number of benzene rings is 2. The molecule has 5 nitrogen and oxygen atoms in total. The van der Waals surface area contributed by atoms with Gasteiger partial charge in [0.1, 0.15) is 5.75 Å². The van der Waals surface area contributed by atoms with Crippen LogP contribution in [0.1, 0.15) is 0 Å². The van der Waals surface area contributed by atoms with E-state index in [-0.39, 0.29) is 0 Å². The lowest BCUT2D eigenvalue weighted by atomic mass is 10.1. The van der Waals surface area contributed by atoms with E-state index in [9.17, 15) is 4.79 Å². The molecule has 2 aromatic heterocycles. The van der Waals surface area contributed by atoms with Gasteiger partial charge in [-0.3, -0.25) is 10.3 Å². The van der Waals surface area contributed by atoms with Crippen molar-refractivity contribution in [3.8, 4) is 17.1 Å². The third-order valence-electron chi connectivity index (χ3n) is 3.83. The molecule has 4 aromatic rings. The van der Waals surface area contributed by atoms with Crippen LogP contribution in [-0.2, 0) is 0 Å². The van der Waals surface area contributed by atoms with Crippen molar-refractivity contribution < 1.29 is 9.53 Å². The van der Waals surface area contributed by atoms with Gasteiger partial charge >= 0.3 is 6.09 Å². The lowest BCUT2D eigenvalue weighted by molar-refractivity contribution is 0.215. The number of carbonyl (C=O) groups is 1. The summed E-state index contributed by atoms with van der Waals surface area (Å²) in [5.74, 6) is 0.480. The Labute approximate surface area is 150 Å². The summed E-state index contributed by atoms with van der Waals surface area (Å²) in [7, 11) is 0. The Balaban J connectivity index is 1.70. The third-order valence-corrected chi connectivity index (χ3v) is 3.83. The van der Waals surface area contributed by atoms with Crippen LogP contribution in [0, 0.1) is 0 Å². The normalized spacial score (nSPS) is 10.5. The van der Waals surface area contributed by atoms with Crippen LogP contribution in [-0.4, -0.2) is 16.1 Å². The van der Waals surface area contributed by atoms with Gasteiger partial charge in [-0.05, 0) is 36.4 Å². The molecule has 0 unspecified atom stereocenters. The average molecular weight is 341 g/mol. The number of ether oxygens (including phenoxy) is 1. The highest BCUT2D eigenvalue weighted by Crippen LogP contribution is 2.27. The second kappa shape index (κ2) is 7.03. The Kier molecular flexibility index (Phi) is 4.26. The minimum absolute atomic E-state index is 0.480. The number of carbonyl (C=O) groups excluding carboxylic acids is 1. The van der Waals surface area contributed by atoms with E-state index in [4.69, 9.17) is 4.74 Å². The SMILES string of the molecule is O=C(Nc1cc(-c2ccccn2)nc2ccccc12)Oc1ccccc1. The van der Waals surface area contributed by atoms with Gasteiger partial charge in [-0.25, -0.2) is 9.78 Å². The molecule has 2 heterocycles. The van der Waals surface area contributed by atoms with Crippen molar-refractivity contribution in [3.05, 3.63) is 85.1 Å². The number of para-hydroxylation sites is 2. The van der Waals surface area contributed by atoms with Crippen LogP contribution < -0.4 is 10.1 Å². The second-order valence-electron chi connectivity index (χ2n) is 5.61. The maximum atomic E-state index is 12.3. The highest BCUT2D eigenvalue weighted by Gasteiger charge is 2.12. The standard InChI is InChI=1S/C21H15N3O2/c25-21(26-15-8-2-1-3-9-15)24-19-14-20(18-12-6-7-13-22-18)23-17-11-5-4-10-16(17)19/h1-14H,(H,23,24,25). The van der Waals surface area contributed by atoms with E-state index in [2.05, 4.69) is 15.3 Å². The molecular formula is C21H15N3O2. The highest BCUT2D eigenvalue weighted by molar-refractivity contribution is 6.00. The summed E-state index contributed by atoms with van der Waals surface area (Å²) in [6, 6.07) is 24.0. The van der Waals surface area contributed by atoms with Crippen molar-refractivity contribution in [2.45, 2.75) is 0 Å². The molecule has 0 aliphatic rings. The predicted molar refractivity (Wildman–Crippen MR) is 101 cm³/mol. The lowest BCUT2D eigenvalue weighted by Crippen LogP contribution is -2.17. The zero-order chi connectivity index (χ0) is 17.8. The number of aromatic nitrogens is 2. The van der Waals surface area contributed by atoms with Gasteiger partial charge < -0.3 is 4.74 Å². The van der Waals surface area contributed by atoms with Gasteiger partial charge in [0.15, 0.2) is 0 Å². The van der Waals surface area contributed by atoms with E-state index in [0.717, 1.165) is 16.6 Å². The van der Waals surface area contributed by atoms with Crippen molar-refractivity contribution >= 4 is 22.7 Å². The molecule has 0 atom stereocenters. The third kappa shape index (κ3) is 3.37. The summed E-state index contributed by atoms with van der Waals surface area (Å²) >= 11 is 0. The molecule has 0 aliphatic heterocycles. The number of fused-ring (bicyclic) bond motifs is 1. The van der Waals surface area contributed by atoms with E-state index in [1.807, 2.05) is 60.7 Å². The molecule has 5 heteroatoms. The number of pyridine rings is 2. The van der Waals surface area contributed by atoms with E-state index in [1.165, 1.54) is 0 Å². The summed E-state index contributed by atoms with van der Waals surface area (Å²) in [6.07, 6.45) is 1.16. The monoisotopic (exact) mass is 341 g/mol. The first-order valence-electron chi connectivity index (χ1n) is 8.15. The highest BCUT2D eigenvalue weighted by atomic mass is 16.6. The first kappa shape index (κ1) is 15.8. The molecule has 4 rings (SSSR count). The maximum absolute atomic E-state index is 12.3. The topological polar surface area (TPSA) is 64.1 Å². The average Bonchev–Trinajstić information content (AvgIpc) is 2.69. The molecule has 26 heavy (non-hydrogen) atoms. The molecule has 1 amide bonds. The van der Waals surface area contributed by atoms with Crippen LogP contribution in [0.4, 0.5) is 10.5 Å². The predicted octanol–water partition coefficient (Wildman–Crippen LogP) is 4.91. The first-order valence-corrected chi connectivity index (χ1v) is 8.15. The summed E-state index contributed by atoms with van der Waals surface area (Å²) in [5, 5.41) is 3.65. The van der Waals surface area contributed by atoms with Gasteiger partial charge in [0, 0.05) is 11.6 Å². The fourth-order valence-corrected chi connectivity index (χ4v) is 2.66. The fraction of sp³-hybridized carbons (Fsp3) is 0. The Morgan fingerprint density at radius 2 is 1.62 bits per heavy atom. The minimum Gasteiger partial charge on any atom is -0.410 e. The minimum atomic E-state index is -0.556. The Hall–Kier alpha value is -3.73. The number of amides is 1. The number of hydrogen-bond donors (Lipinski definition) is 1. The molecule has 0 spiro atoms. The quantitative estimate of drug-likeness (QED) is 0.575. The Morgan fingerprint density at radius 1 is 0.846 bits per heavy atom. The number of anilines is 1. The number of nitrogens with zero attached hydrogens (tertiary/aromatic N) is 2. The summed E-state index contributed by atoms with van der Waals surface area (Å²) in [5.41, 5.74) is 2.81. The van der Waals surface area contributed by atoms with E-state index in [0.29, 0.717) is 17.1 Å². The van der Waals surface area contributed by atoms with E-state index in [1.54, 1.807) is 24.4 Å².